The fourth-order valence-corrected chi connectivity index (χ4v) is 3.24. The number of nitrogens with one attached hydrogen (secondary N) is 2. The highest BCUT2D eigenvalue weighted by atomic mass is 16.5. The molecule has 166 valence electrons. The molecule has 3 rings (SSSR count). The van der Waals surface area contributed by atoms with Gasteiger partial charge >= 0.3 is 0 Å². The molecule has 2 N–H and O–H groups in total. The molecule has 0 atom stereocenters. The lowest BCUT2D eigenvalue weighted by atomic mass is 10.2. The lowest BCUT2D eigenvalue weighted by molar-refractivity contribution is -0.118. The van der Waals surface area contributed by atoms with Crippen molar-refractivity contribution in [3.63, 3.8) is 0 Å². The molecule has 2 aromatic carbocycles. The summed E-state index contributed by atoms with van der Waals surface area (Å²) in [5.74, 6) is 0.515. The van der Waals surface area contributed by atoms with Crippen molar-refractivity contribution in [2.45, 2.75) is 13.8 Å². The molecule has 0 aromatic heterocycles. The molecule has 8 nitrogen and oxygen atoms in total. The molecule has 1 fully saturated rings. The molecule has 1 heterocycles. The molecular weight excluding hydrogens is 398 g/mol. The van der Waals surface area contributed by atoms with E-state index < -0.39 is 0 Å². The molecule has 0 radical (unpaired) electrons. The average Bonchev–Trinajstić information content (AvgIpc) is 2.78. The Balaban J connectivity index is 1.81. The van der Waals surface area contributed by atoms with Gasteiger partial charge in [-0.25, -0.2) is 0 Å². The Labute approximate surface area is 182 Å². The van der Waals surface area contributed by atoms with Crippen LogP contribution < -0.4 is 20.1 Å². The van der Waals surface area contributed by atoms with Crippen LogP contribution in [0.1, 0.15) is 24.2 Å². The zero-order chi connectivity index (χ0) is 22.1. The van der Waals surface area contributed by atoms with Crippen LogP contribution in [0.3, 0.4) is 0 Å². The molecule has 0 aliphatic carbocycles. The third kappa shape index (κ3) is 6.44. The summed E-state index contributed by atoms with van der Waals surface area (Å²) in [6.07, 6.45) is 0. The van der Waals surface area contributed by atoms with Crippen LogP contribution in [0.25, 0.3) is 0 Å². The van der Waals surface area contributed by atoms with E-state index in [4.69, 9.17) is 14.2 Å². The van der Waals surface area contributed by atoms with Gasteiger partial charge in [0.15, 0.2) is 0 Å². The Morgan fingerprint density at radius 1 is 0.935 bits per heavy atom. The van der Waals surface area contributed by atoms with Crippen LogP contribution in [0, 0.1) is 0 Å². The summed E-state index contributed by atoms with van der Waals surface area (Å²) in [5, 5.41) is 5.79. The Bertz CT molecular complexity index is 882. The number of amides is 2. The van der Waals surface area contributed by atoms with Gasteiger partial charge in [0.1, 0.15) is 11.5 Å². The largest absolute Gasteiger partial charge is 0.492 e. The van der Waals surface area contributed by atoms with Crippen LogP contribution in [0.15, 0.2) is 42.5 Å². The number of hydrogen-bond donors (Lipinski definition) is 2. The summed E-state index contributed by atoms with van der Waals surface area (Å²) in [6, 6.07) is 12.3. The summed E-state index contributed by atoms with van der Waals surface area (Å²) < 4.78 is 16.8. The van der Waals surface area contributed by atoms with Gasteiger partial charge in [0, 0.05) is 30.8 Å². The van der Waals surface area contributed by atoms with Gasteiger partial charge in [0.2, 0.25) is 5.91 Å². The maximum Gasteiger partial charge on any atom is 0.255 e. The van der Waals surface area contributed by atoms with Crippen LogP contribution in [0.4, 0.5) is 11.4 Å². The normalized spacial score (nSPS) is 14.0. The molecule has 0 spiro atoms. The molecule has 0 bridgehead atoms. The van der Waals surface area contributed by atoms with Crippen molar-refractivity contribution in [1.29, 1.82) is 0 Å². The van der Waals surface area contributed by atoms with E-state index in [2.05, 4.69) is 10.6 Å². The first kappa shape index (κ1) is 22.6. The first-order chi connectivity index (χ1) is 15.1. The summed E-state index contributed by atoms with van der Waals surface area (Å²) in [4.78, 5) is 27.3. The third-order valence-corrected chi connectivity index (χ3v) is 4.71. The number of hydrogen-bond acceptors (Lipinski definition) is 6. The topological polar surface area (TPSA) is 89.1 Å². The van der Waals surface area contributed by atoms with E-state index in [1.807, 2.05) is 24.8 Å². The zero-order valence-electron chi connectivity index (χ0n) is 18.0. The van der Waals surface area contributed by atoms with Crippen molar-refractivity contribution in [2.24, 2.45) is 0 Å². The number of nitrogens with zero attached hydrogens (tertiary/aromatic N) is 1. The van der Waals surface area contributed by atoms with E-state index in [9.17, 15) is 9.59 Å². The van der Waals surface area contributed by atoms with E-state index in [0.717, 1.165) is 13.1 Å². The molecular formula is C23H29N3O5. The summed E-state index contributed by atoms with van der Waals surface area (Å²) in [7, 11) is 0. The van der Waals surface area contributed by atoms with Crippen LogP contribution in [-0.4, -0.2) is 62.8 Å². The van der Waals surface area contributed by atoms with E-state index in [0.29, 0.717) is 54.9 Å². The molecule has 2 amide bonds. The van der Waals surface area contributed by atoms with Gasteiger partial charge in [-0.05, 0) is 26.0 Å². The van der Waals surface area contributed by atoms with Gasteiger partial charge in [0.05, 0.1) is 44.3 Å². The van der Waals surface area contributed by atoms with Crippen LogP contribution >= 0.6 is 0 Å². The third-order valence-electron chi connectivity index (χ3n) is 4.71. The lowest BCUT2D eigenvalue weighted by Gasteiger charge is -2.26. The fraction of sp³-hybridized carbons (Fsp3) is 0.391. The number of ether oxygens (including phenoxy) is 3. The van der Waals surface area contributed by atoms with E-state index in [1.54, 1.807) is 36.4 Å². The monoisotopic (exact) mass is 427 g/mol. The number of benzene rings is 2. The van der Waals surface area contributed by atoms with Gasteiger partial charge < -0.3 is 24.8 Å². The second-order valence-corrected chi connectivity index (χ2v) is 6.97. The number of morpholine rings is 1. The highest BCUT2D eigenvalue weighted by Crippen LogP contribution is 2.37. The maximum atomic E-state index is 12.6. The molecule has 1 aliphatic rings. The van der Waals surface area contributed by atoms with Gasteiger partial charge in [-0.1, -0.05) is 18.2 Å². The minimum absolute atomic E-state index is 0.147. The van der Waals surface area contributed by atoms with E-state index in [1.165, 1.54) is 0 Å². The van der Waals surface area contributed by atoms with Crippen molar-refractivity contribution in [3.8, 4) is 11.5 Å². The molecule has 0 saturated carbocycles. The summed E-state index contributed by atoms with van der Waals surface area (Å²) >= 11 is 0. The molecule has 0 unspecified atom stereocenters. The van der Waals surface area contributed by atoms with Crippen LogP contribution in [0.5, 0.6) is 11.5 Å². The predicted octanol–water partition coefficient (Wildman–Crippen LogP) is 3.01. The number of anilines is 2. The van der Waals surface area contributed by atoms with Gasteiger partial charge in [0.25, 0.3) is 5.91 Å². The van der Waals surface area contributed by atoms with Crippen molar-refractivity contribution < 1.29 is 23.8 Å². The zero-order valence-corrected chi connectivity index (χ0v) is 18.0. The molecule has 8 heteroatoms. The van der Waals surface area contributed by atoms with Crippen molar-refractivity contribution >= 4 is 23.2 Å². The number of rotatable bonds is 9. The lowest BCUT2D eigenvalue weighted by Crippen LogP contribution is -2.41. The van der Waals surface area contributed by atoms with E-state index in [-0.39, 0.29) is 18.4 Å². The Kier molecular flexibility index (Phi) is 8.26. The Morgan fingerprint density at radius 3 is 2.10 bits per heavy atom. The van der Waals surface area contributed by atoms with Crippen molar-refractivity contribution in [2.75, 3.05) is 56.7 Å². The first-order valence-corrected chi connectivity index (χ1v) is 10.5. The Morgan fingerprint density at radius 2 is 1.52 bits per heavy atom. The number of carbonyl (C=O) groups is 2. The standard InChI is InChI=1S/C23H29N3O5/c1-3-30-20-15-19(25-23(28)17-8-6-5-7-9-17)21(31-4-2)14-18(20)24-22(27)16-26-10-12-29-13-11-26/h5-9,14-15H,3-4,10-13,16H2,1-2H3,(H,24,27)(H,25,28). The second kappa shape index (κ2) is 11.3. The Hall–Kier alpha value is -3.10. The quantitative estimate of drug-likeness (QED) is 0.640. The predicted molar refractivity (Wildman–Crippen MR) is 119 cm³/mol. The first-order valence-electron chi connectivity index (χ1n) is 10.5. The summed E-state index contributed by atoms with van der Waals surface area (Å²) in [6.45, 7) is 7.50. The maximum absolute atomic E-state index is 12.6. The molecule has 1 aliphatic heterocycles. The van der Waals surface area contributed by atoms with Crippen LogP contribution in [0.2, 0.25) is 0 Å². The SMILES string of the molecule is CCOc1cc(NC(=O)c2ccccc2)c(OCC)cc1NC(=O)CN1CCOCC1. The van der Waals surface area contributed by atoms with Gasteiger partial charge in [-0.15, -0.1) is 0 Å². The van der Waals surface area contributed by atoms with E-state index >= 15 is 0 Å². The summed E-state index contributed by atoms with van der Waals surface area (Å²) in [5.41, 5.74) is 1.51. The van der Waals surface area contributed by atoms with Gasteiger partial charge in [-0.3, -0.25) is 14.5 Å². The minimum Gasteiger partial charge on any atom is -0.492 e. The van der Waals surface area contributed by atoms with Crippen molar-refractivity contribution in [1.82, 2.24) is 4.90 Å². The average molecular weight is 428 g/mol. The number of carbonyl (C=O) groups excluding carboxylic acids is 2. The van der Waals surface area contributed by atoms with Crippen LogP contribution in [-0.2, 0) is 9.53 Å². The van der Waals surface area contributed by atoms with Crippen molar-refractivity contribution in [3.05, 3.63) is 48.0 Å². The molecule has 2 aromatic rings. The molecule has 31 heavy (non-hydrogen) atoms. The fourth-order valence-electron chi connectivity index (χ4n) is 3.24. The minimum atomic E-state index is -0.256. The highest BCUT2D eigenvalue weighted by Gasteiger charge is 2.19. The second-order valence-electron chi connectivity index (χ2n) is 6.97. The smallest absolute Gasteiger partial charge is 0.255 e. The molecule has 1 saturated heterocycles. The highest BCUT2D eigenvalue weighted by molar-refractivity contribution is 6.05. The van der Waals surface area contributed by atoms with Gasteiger partial charge in [-0.2, -0.15) is 0 Å².